The molecule has 0 saturated carbocycles. The number of benzene rings is 2. The number of para-hydroxylation sites is 1. The third-order valence-corrected chi connectivity index (χ3v) is 6.56. The average Bonchev–Trinajstić information content (AvgIpc) is 3.26. The molecule has 0 aliphatic carbocycles. The maximum atomic E-state index is 13.1. The second-order valence-electron chi connectivity index (χ2n) is 8.79. The van der Waals surface area contributed by atoms with E-state index in [1.54, 1.807) is 7.11 Å². The van der Waals surface area contributed by atoms with E-state index in [2.05, 4.69) is 20.3 Å². The van der Waals surface area contributed by atoms with Gasteiger partial charge in [0, 0.05) is 61.5 Å². The van der Waals surface area contributed by atoms with Gasteiger partial charge in [0.2, 0.25) is 0 Å². The molecule has 3 heterocycles. The lowest BCUT2D eigenvalue weighted by molar-refractivity contribution is 0.0942. The number of nitrogens with zero attached hydrogens (tertiary/aromatic N) is 3. The number of pyridine rings is 1. The highest BCUT2D eigenvalue weighted by atomic mass is 16.5. The number of ether oxygens (including phenoxy) is 1. The van der Waals surface area contributed by atoms with Crippen LogP contribution in [-0.2, 0) is 32.6 Å². The van der Waals surface area contributed by atoms with Crippen molar-refractivity contribution >= 4 is 16.8 Å². The number of carbonyl (C=O) groups is 1. The van der Waals surface area contributed by atoms with Crippen LogP contribution in [0.25, 0.3) is 10.9 Å². The molecule has 2 aromatic carbocycles. The number of amides is 1. The smallest absolute Gasteiger partial charge is 0.272 e. The molecule has 2 N–H and O–H groups in total. The number of carbonyl (C=O) groups excluding carboxylic acids is 1. The largest absolute Gasteiger partial charge is 0.497 e. The monoisotopic (exact) mass is 471 g/mol. The van der Waals surface area contributed by atoms with Crippen LogP contribution < -0.4 is 15.6 Å². The molecule has 0 bridgehead atoms. The van der Waals surface area contributed by atoms with Crippen LogP contribution in [0.2, 0.25) is 0 Å². The van der Waals surface area contributed by atoms with Crippen molar-refractivity contribution in [3.63, 3.8) is 0 Å². The standard InChI is InChI=1S/C27H29N5O3/c1-3-32-24-12-13-31(16-20-14-19-6-4-5-7-23(19)29-26(20)33)17-22(24)25(30-32)27(34)28-15-18-8-10-21(35-2)11-9-18/h4-11,14H,3,12-13,15-17H2,1-2H3,(H,28,34)(H,29,33). The second kappa shape index (κ2) is 9.76. The fourth-order valence-corrected chi connectivity index (χ4v) is 4.69. The van der Waals surface area contributed by atoms with Gasteiger partial charge in [-0.15, -0.1) is 0 Å². The van der Waals surface area contributed by atoms with Crippen molar-refractivity contribution in [2.45, 2.75) is 39.5 Å². The highest BCUT2D eigenvalue weighted by Crippen LogP contribution is 2.24. The molecule has 1 aliphatic rings. The molecule has 0 radical (unpaired) electrons. The van der Waals surface area contributed by atoms with Crippen LogP contribution in [0.5, 0.6) is 5.75 Å². The molecule has 4 aromatic rings. The molecule has 0 spiro atoms. The van der Waals surface area contributed by atoms with Gasteiger partial charge in [0.15, 0.2) is 5.69 Å². The van der Waals surface area contributed by atoms with Crippen molar-refractivity contribution < 1.29 is 9.53 Å². The van der Waals surface area contributed by atoms with Gasteiger partial charge in [-0.25, -0.2) is 0 Å². The maximum Gasteiger partial charge on any atom is 0.272 e. The SMILES string of the molecule is CCn1nc(C(=O)NCc2ccc(OC)cc2)c2c1CCN(Cc1cc3ccccc3[nH]c1=O)C2. The summed E-state index contributed by atoms with van der Waals surface area (Å²) in [5.41, 5.74) is 4.99. The van der Waals surface area contributed by atoms with Gasteiger partial charge in [0.05, 0.1) is 7.11 Å². The quantitative estimate of drug-likeness (QED) is 0.432. The van der Waals surface area contributed by atoms with Gasteiger partial charge < -0.3 is 15.0 Å². The first kappa shape index (κ1) is 22.9. The number of aryl methyl sites for hydroxylation is 1. The van der Waals surface area contributed by atoms with Gasteiger partial charge in [-0.1, -0.05) is 30.3 Å². The lowest BCUT2D eigenvalue weighted by Gasteiger charge is -2.27. The number of H-pyrrole nitrogens is 1. The number of nitrogens with one attached hydrogen (secondary N) is 2. The lowest BCUT2D eigenvalue weighted by Crippen LogP contribution is -2.34. The molecule has 8 heteroatoms. The van der Waals surface area contributed by atoms with Gasteiger partial charge in [-0.3, -0.25) is 19.2 Å². The van der Waals surface area contributed by atoms with Gasteiger partial charge in [-0.05, 0) is 42.1 Å². The second-order valence-corrected chi connectivity index (χ2v) is 8.79. The van der Waals surface area contributed by atoms with E-state index in [0.717, 1.165) is 52.0 Å². The first-order valence-electron chi connectivity index (χ1n) is 11.9. The van der Waals surface area contributed by atoms with Gasteiger partial charge >= 0.3 is 0 Å². The predicted molar refractivity (Wildman–Crippen MR) is 134 cm³/mol. The summed E-state index contributed by atoms with van der Waals surface area (Å²) >= 11 is 0. The maximum absolute atomic E-state index is 13.1. The van der Waals surface area contributed by atoms with Crippen molar-refractivity contribution in [2.75, 3.05) is 13.7 Å². The Bertz CT molecular complexity index is 1420. The van der Waals surface area contributed by atoms with E-state index in [1.807, 2.05) is 66.2 Å². The summed E-state index contributed by atoms with van der Waals surface area (Å²) in [5.74, 6) is 0.593. The number of hydrogen-bond acceptors (Lipinski definition) is 5. The minimum Gasteiger partial charge on any atom is -0.497 e. The number of hydrogen-bond donors (Lipinski definition) is 2. The van der Waals surface area contributed by atoms with E-state index in [1.165, 1.54) is 0 Å². The summed E-state index contributed by atoms with van der Waals surface area (Å²) < 4.78 is 7.12. The van der Waals surface area contributed by atoms with Gasteiger partial charge in [0.1, 0.15) is 5.75 Å². The molecule has 5 rings (SSSR count). The highest BCUT2D eigenvalue weighted by Gasteiger charge is 2.28. The number of rotatable bonds is 7. The fraction of sp³-hybridized carbons (Fsp3) is 0.296. The molecule has 1 aliphatic heterocycles. The van der Waals surface area contributed by atoms with Crippen LogP contribution in [0.4, 0.5) is 0 Å². The van der Waals surface area contributed by atoms with Crippen molar-refractivity contribution in [2.24, 2.45) is 0 Å². The summed E-state index contributed by atoms with van der Waals surface area (Å²) in [6, 6.07) is 17.4. The zero-order chi connectivity index (χ0) is 24.4. The molecular weight excluding hydrogens is 442 g/mol. The van der Waals surface area contributed by atoms with Crippen molar-refractivity contribution in [3.05, 3.63) is 93.0 Å². The van der Waals surface area contributed by atoms with Crippen LogP contribution in [0.3, 0.4) is 0 Å². The zero-order valence-corrected chi connectivity index (χ0v) is 20.0. The number of aromatic amines is 1. The summed E-state index contributed by atoms with van der Waals surface area (Å²) in [5, 5.41) is 8.66. The number of methoxy groups -OCH3 is 1. The Morgan fingerprint density at radius 1 is 1.17 bits per heavy atom. The molecule has 0 saturated heterocycles. The topological polar surface area (TPSA) is 92.2 Å². The molecule has 180 valence electrons. The highest BCUT2D eigenvalue weighted by molar-refractivity contribution is 5.94. The molecule has 0 unspecified atom stereocenters. The lowest BCUT2D eigenvalue weighted by atomic mass is 10.0. The Morgan fingerprint density at radius 3 is 2.74 bits per heavy atom. The Morgan fingerprint density at radius 2 is 1.97 bits per heavy atom. The minimum absolute atomic E-state index is 0.0730. The molecule has 0 fully saturated rings. The molecule has 1 amide bonds. The predicted octanol–water partition coefficient (Wildman–Crippen LogP) is 3.24. The summed E-state index contributed by atoms with van der Waals surface area (Å²) in [7, 11) is 1.63. The van der Waals surface area contributed by atoms with Crippen LogP contribution in [0.1, 0.15) is 39.8 Å². The summed E-state index contributed by atoms with van der Waals surface area (Å²) in [6.07, 6.45) is 0.785. The van der Waals surface area contributed by atoms with Crippen molar-refractivity contribution in [3.8, 4) is 5.75 Å². The fourth-order valence-electron chi connectivity index (χ4n) is 4.69. The van der Waals surface area contributed by atoms with Gasteiger partial charge in [0.25, 0.3) is 11.5 Å². The number of aromatic nitrogens is 3. The first-order valence-corrected chi connectivity index (χ1v) is 11.9. The third-order valence-electron chi connectivity index (χ3n) is 6.56. The van der Waals surface area contributed by atoms with E-state index in [-0.39, 0.29) is 11.5 Å². The normalized spacial score (nSPS) is 13.5. The van der Waals surface area contributed by atoms with Gasteiger partial charge in [-0.2, -0.15) is 5.10 Å². The minimum atomic E-state index is -0.185. The summed E-state index contributed by atoms with van der Waals surface area (Å²) in [6.45, 7) is 5.05. The Hall–Kier alpha value is -3.91. The first-order chi connectivity index (χ1) is 17.1. The zero-order valence-electron chi connectivity index (χ0n) is 20.0. The van der Waals surface area contributed by atoms with Crippen molar-refractivity contribution in [1.29, 1.82) is 0 Å². The molecule has 8 nitrogen and oxygen atoms in total. The Balaban J connectivity index is 1.34. The van der Waals surface area contributed by atoms with E-state index in [4.69, 9.17) is 4.74 Å². The Kier molecular flexibility index (Phi) is 6.37. The van der Waals surface area contributed by atoms with Crippen molar-refractivity contribution in [1.82, 2.24) is 25.0 Å². The Labute approximate surface area is 203 Å². The molecule has 35 heavy (non-hydrogen) atoms. The average molecular weight is 472 g/mol. The van der Waals surface area contributed by atoms with Crippen LogP contribution >= 0.6 is 0 Å². The third kappa shape index (κ3) is 4.70. The van der Waals surface area contributed by atoms with E-state index >= 15 is 0 Å². The summed E-state index contributed by atoms with van der Waals surface area (Å²) in [4.78, 5) is 31.0. The van der Waals surface area contributed by atoms with Crippen LogP contribution in [0, 0.1) is 0 Å². The van der Waals surface area contributed by atoms with Crippen LogP contribution in [0.15, 0.2) is 59.4 Å². The molecule has 2 aromatic heterocycles. The number of fused-ring (bicyclic) bond motifs is 2. The van der Waals surface area contributed by atoms with Crippen LogP contribution in [-0.4, -0.2) is 39.2 Å². The van der Waals surface area contributed by atoms with E-state index < -0.39 is 0 Å². The molecule has 0 atom stereocenters. The van der Waals surface area contributed by atoms with E-state index in [0.29, 0.717) is 31.9 Å². The van der Waals surface area contributed by atoms with E-state index in [9.17, 15) is 9.59 Å². The molecular formula is C27H29N5O3.